The van der Waals surface area contributed by atoms with E-state index in [4.69, 9.17) is 0 Å². The van der Waals surface area contributed by atoms with E-state index in [2.05, 4.69) is 22.7 Å². The fraction of sp³-hybridized carbons (Fsp3) is 0.444. The number of rotatable bonds is 5. The van der Waals surface area contributed by atoms with Gasteiger partial charge in [-0.05, 0) is 55.1 Å². The molecule has 0 unspecified atom stereocenters. The molecular formula is C18H25ClN4O. The summed E-state index contributed by atoms with van der Waals surface area (Å²) < 4.78 is 1.81. The first-order chi connectivity index (χ1) is 11.1. The number of carbonyl (C=O) groups excluding carboxylic acids is 1. The van der Waals surface area contributed by atoms with Crippen LogP contribution in [0.15, 0.2) is 42.7 Å². The van der Waals surface area contributed by atoms with Gasteiger partial charge in [0, 0.05) is 18.9 Å². The highest BCUT2D eigenvalue weighted by Gasteiger charge is 2.26. The van der Waals surface area contributed by atoms with Crippen LogP contribution in [0.5, 0.6) is 0 Å². The Morgan fingerprint density at radius 2 is 2.00 bits per heavy atom. The van der Waals surface area contributed by atoms with Gasteiger partial charge in [-0.3, -0.25) is 4.79 Å². The van der Waals surface area contributed by atoms with E-state index in [1.54, 1.807) is 6.20 Å². The molecule has 1 aromatic carbocycles. The average molecular weight is 349 g/mol. The lowest BCUT2D eigenvalue weighted by atomic mass is 9.81. The third-order valence-corrected chi connectivity index (χ3v) is 4.59. The second kappa shape index (κ2) is 8.31. The van der Waals surface area contributed by atoms with E-state index in [1.165, 1.54) is 0 Å². The second-order valence-electron chi connectivity index (χ2n) is 6.63. The van der Waals surface area contributed by atoms with Gasteiger partial charge < -0.3 is 10.6 Å². The Bertz CT molecular complexity index is 634. The zero-order chi connectivity index (χ0) is 16.1. The minimum Gasteiger partial charge on any atom is -0.355 e. The first-order valence-electron chi connectivity index (χ1n) is 8.21. The van der Waals surface area contributed by atoms with Crippen LogP contribution in [0, 0.1) is 5.41 Å². The number of nitrogens with zero attached hydrogens (tertiary/aromatic N) is 2. The first kappa shape index (κ1) is 18.5. The van der Waals surface area contributed by atoms with Gasteiger partial charge in [0.2, 0.25) is 5.91 Å². The third-order valence-electron chi connectivity index (χ3n) is 4.59. The number of piperidine rings is 1. The molecule has 130 valence electrons. The predicted molar refractivity (Wildman–Crippen MR) is 97.7 cm³/mol. The molecule has 1 aliphatic heterocycles. The van der Waals surface area contributed by atoms with Crippen molar-refractivity contribution >= 4 is 18.3 Å². The van der Waals surface area contributed by atoms with E-state index in [1.807, 2.05) is 41.2 Å². The van der Waals surface area contributed by atoms with Crippen LogP contribution in [-0.4, -0.2) is 35.3 Å². The van der Waals surface area contributed by atoms with Crippen LogP contribution in [0.2, 0.25) is 0 Å². The number of amides is 1. The second-order valence-corrected chi connectivity index (χ2v) is 6.63. The van der Waals surface area contributed by atoms with E-state index in [9.17, 15) is 4.79 Å². The fourth-order valence-electron chi connectivity index (χ4n) is 2.96. The summed E-state index contributed by atoms with van der Waals surface area (Å²) >= 11 is 0. The van der Waals surface area contributed by atoms with Gasteiger partial charge in [0.1, 0.15) is 0 Å². The monoisotopic (exact) mass is 348 g/mol. The van der Waals surface area contributed by atoms with Gasteiger partial charge >= 0.3 is 0 Å². The van der Waals surface area contributed by atoms with Crippen molar-refractivity contribution in [2.75, 3.05) is 19.6 Å². The highest BCUT2D eigenvalue weighted by molar-refractivity contribution is 5.85. The highest BCUT2D eigenvalue weighted by Crippen LogP contribution is 2.26. The number of nitrogens with one attached hydrogen (secondary N) is 2. The molecule has 0 atom stereocenters. The Labute approximate surface area is 149 Å². The van der Waals surface area contributed by atoms with Crippen LogP contribution in [-0.2, 0) is 11.2 Å². The molecule has 24 heavy (non-hydrogen) atoms. The molecule has 3 rings (SSSR count). The summed E-state index contributed by atoms with van der Waals surface area (Å²) in [5.74, 6) is 0.0941. The molecule has 6 heteroatoms. The van der Waals surface area contributed by atoms with Crippen molar-refractivity contribution < 1.29 is 4.79 Å². The summed E-state index contributed by atoms with van der Waals surface area (Å²) in [5.41, 5.74) is 2.25. The highest BCUT2D eigenvalue weighted by atomic mass is 35.5. The normalized spacial score (nSPS) is 16.2. The maximum absolute atomic E-state index is 12.2. The summed E-state index contributed by atoms with van der Waals surface area (Å²) in [6.07, 6.45) is 6.32. The molecule has 2 N–H and O–H groups in total. The summed E-state index contributed by atoms with van der Waals surface area (Å²) in [6, 6.07) is 9.85. The van der Waals surface area contributed by atoms with Gasteiger partial charge in [-0.2, -0.15) is 5.10 Å². The smallest absolute Gasteiger partial charge is 0.224 e. The number of aromatic nitrogens is 2. The van der Waals surface area contributed by atoms with Crippen molar-refractivity contribution in [2.45, 2.75) is 26.2 Å². The van der Waals surface area contributed by atoms with Crippen molar-refractivity contribution in [3.05, 3.63) is 48.3 Å². The topological polar surface area (TPSA) is 59.0 Å². The summed E-state index contributed by atoms with van der Waals surface area (Å²) in [4.78, 5) is 12.2. The number of carbonyl (C=O) groups is 1. The predicted octanol–water partition coefficient (Wildman–Crippen LogP) is 2.34. The maximum atomic E-state index is 12.2. The lowest BCUT2D eigenvalue weighted by molar-refractivity contribution is -0.121. The Morgan fingerprint density at radius 3 is 2.62 bits per heavy atom. The van der Waals surface area contributed by atoms with E-state index in [-0.39, 0.29) is 23.7 Å². The quantitative estimate of drug-likeness (QED) is 0.872. The molecule has 2 aromatic rings. The lowest BCUT2D eigenvalue weighted by Crippen LogP contribution is -2.43. The van der Waals surface area contributed by atoms with Crippen LogP contribution < -0.4 is 10.6 Å². The Kier molecular flexibility index (Phi) is 6.40. The van der Waals surface area contributed by atoms with Gasteiger partial charge in [-0.15, -0.1) is 12.4 Å². The summed E-state index contributed by atoms with van der Waals surface area (Å²) in [7, 11) is 0. The summed E-state index contributed by atoms with van der Waals surface area (Å²) in [5, 5.41) is 10.7. The molecule has 0 spiro atoms. The van der Waals surface area contributed by atoms with E-state index < -0.39 is 0 Å². The zero-order valence-corrected chi connectivity index (χ0v) is 14.8. The van der Waals surface area contributed by atoms with Crippen molar-refractivity contribution in [3.8, 4) is 5.69 Å². The average Bonchev–Trinajstić information content (AvgIpc) is 3.09. The van der Waals surface area contributed by atoms with Crippen LogP contribution in [0.3, 0.4) is 0 Å². The maximum Gasteiger partial charge on any atom is 0.224 e. The molecule has 5 nitrogen and oxygen atoms in total. The Morgan fingerprint density at radius 1 is 1.29 bits per heavy atom. The van der Waals surface area contributed by atoms with Crippen LogP contribution in [0.4, 0.5) is 0 Å². The van der Waals surface area contributed by atoms with Crippen molar-refractivity contribution in [2.24, 2.45) is 5.41 Å². The number of hydrogen-bond acceptors (Lipinski definition) is 3. The fourth-order valence-corrected chi connectivity index (χ4v) is 2.96. The molecular weight excluding hydrogens is 324 g/mol. The molecule has 1 amide bonds. The standard InChI is InChI=1S/C18H24N4O.ClH/c1-18(7-10-19-11-8-18)14-20-17(23)13-15-3-5-16(6-4-15)22-12-2-9-21-22;/h2-6,9,12,19H,7-8,10-11,13-14H2,1H3,(H,20,23);1H. The van der Waals surface area contributed by atoms with Gasteiger partial charge in [-0.1, -0.05) is 19.1 Å². The number of benzene rings is 1. The van der Waals surface area contributed by atoms with Gasteiger partial charge in [0.05, 0.1) is 12.1 Å². The Hall–Kier alpha value is -1.85. The SMILES string of the molecule is CC1(CNC(=O)Cc2ccc(-n3cccn3)cc2)CCNCC1.Cl. The third kappa shape index (κ3) is 4.82. The lowest BCUT2D eigenvalue weighted by Gasteiger charge is -2.34. The van der Waals surface area contributed by atoms with Crippen LogP contribution in [0.1, 0.15) is 25.3 Å². The largest absolute Gasteiger partial charge is 0.355 e. The molecule has 0 radical (unpaired) electrons. The van der Waals surface area contributed by atoms with E-state index >= 15 is 0 Å². The van der Waals surface area contributed by atoms with Gasteiger partial charge in [0.15, 0.2) is 0 Å². The van der Waals surface area contributed by atoms with Crippen LogP contribution in [0.25, 0.3) is 5.69 Å². The molecule has 2 heterocycles. The Balaban J connectivity index is 0.00000208. The minimum absolute atomic E-state index is 0. The van der Waals surface area contributed by atoms with Crippen molar-refractivity contribution in [1.29, 1.82) is 0 Å². The molecule has 1 saturated heterocycles. The minimum atomic E-state index is 0. The first-order valence-corrected chi connectivity index (χ1v) is 8.21. The van der Waals surface area contributed by atoms with E-state index in [0.717, 1.165) is 43.7 Å². The number of halogens is 1. The zero-order valence-electron chi connectivity index (χ0n) is 14.0. The molecule has 0 aliphatic carbocycles. The van der Waals surface area contributed by atoms with Crippen LogP contribution >= 0.6 is 12.4 Å². The van der Waals surface area contributed by atoms with Gasteiger partial charge in [0.25, 0.3) is 0 Å². The van der Waals surface area contributed by atoms with E-state index in [0.29, 0.717) is 6.42 Å². The molecule has 0 saturated carbocycles. The molecule has 1 fully saturated rings. The number of hydrogen-bond donors (Lipinski definition) is 2. The molecule has 1 aliphatic rings. The van der Waals surface area contributed by atoms with Crippen molar-refractivity contribution in [1.82, 2.24) is 20.4 Å². The molecule has 1 aromatic heterocycles. The summed E-state index contributed by atoms with van der Waals surface area (Å²) in [6.45, 7) is 5.11. The van der Waals surface area contributed by atoms with Gasteiger partial charge in [-0.25, -0.2) is 4.68 Å². The molecule has 0 bridgehead atoms. The van der Waals surface area contributed by atoms with Crippen molar-refractivity contribution in [3.63, 3.8) is 0 Å².